The van der Waals surface area contributed by atoms with Gasteiger partial charge in [0.2, 0.25) is 11.8 Å². The highest BCUT2D eigenvalue weighted by atomic mass is 16.5. The van der Waals surface area contributed by atoms with E-state index in [1.165, 1.54) is 7.11 Å². The van der Waals surface area contributed by atoms with Crippen molar-refractivity contribution in [3.8, 4) is 0 Å². The second kappa shape index (κ2) is 27.2. The van der Waals surface area contributed by atoms with Gasteiger partial charge in [-0.05, 0) is 57.8 Å². The van der Waals surface area contributed by atoms with Crippen LogP contribution in [0.1, 0.15) is 71.1 Å². The number of ether oxygens (including phenoxy) is 1. The van der Waals surface area contributed by atoms with Gasteiger partial charge in [0.05, 0.1) is 7.11 Å². The predicted octanol–water partition coefficient (Wildman–Crippen LogP) is 6.21. The fraction of sp³-hybridized carbons (Fsp3) is 0.452. The molecule has 0 radical (unpaired) electrons. The van der Waals surface area contributed by atoms with Crippen LogP contribution in [0, 0.1) is 0 Å². The van der Waals surface area contributed by atoms with E-state index in [1.807, 2.05) is 6.08 Å². The molecule has 0 fully saturated rings. The number of carbonyl (C=O) groups excluding carboxylic acids is 3. The molecule has 204 valence electrons. The van der Waals surface area contributed by atoms with Crippen LogP contribution in [0.3, 0.4) is 0 Å². The Morgan fingerprint density at radius 2 is 1.08 bits per heavy atom. The van der Waals surface area contributed by atoms with Crippen molar-refractivity contribution >= 4 is 17.8 Å². The third-order valence-electron chi connectivity index (χ3n) is 4.93. The van der Waals surface area contributed by atoms with Crippen LogP contribution in [-0.2, 0) is 19.1 Å². The summed E-state index contributed by atoms with van der Waals surface area (Å²) < 4.78 is 4.41. The molecule has 37 heavy (non-hydrogen) atoms. The molecule has 0 aromatic carbocycles. The molecular formula is C31H46N2O4. The van der Waals surface area contributed by atoms with Crippen LogP contribution in [0.2, 0.25) is 0 Å². The highest BCUT2D eigenvalue weighted by molar-refractivity contribution is 5.94. The van der Waals surface area contributed by atoms with E-state index in [9.17, 15) is 14.4 Å². The summed E-state index contributed by atoms with van der Waals surface area (Å²) in [5.74, 6) is -0.878. The maximum atomic E-state index is 11.8. The summed E-state index contributed by atoms with van der Waals surface area (Å²) in [5.41, 5.74) is 0. The average molecular weight is 511 g/mol. The fourth-order valence-electron chi connectivity index (χ4n) is 2.90. The van der Waals surface area contributed by atoms with Crippen LogP contribution in [0.5, 0.6) is 0 Å². The van der Waals surface area contributed by atoms with Gasteiger partial charge in [0.25, 0.3) is 0 Å². The van der Waals surface area contributed by atoms with E-state index in [2.05, 4.69) is 89.1 Å². The van der Waals surface area contributed by atoms with Gasteiger partial charge in [-0.25, -0.2) is 4.79 Å². The number of allylic oxidation sites excluding steroid dienone is 12. The van der Waals surface area contributed by atoms with Gasteiger partial charge in [-0.2, -0.15) is 0 Å². The van der Waals surface area contributed by atoms with Crippen molar-refractivity contribution in [2.75, 3.05) is 20.2 Å². The van der Waals surface area contributed by atoms with E-state index in [1.54, 1.807) is 0 Å². The lowest BCUT2D eigenvalue weighted by Crippen LogP contribution is -2.26. The summed E-state index contributed by atoms with van der Waals surface area (Å²) in [6, 6.07) is 0. The lowest BCUT2D eigenvalue weighted by atomic mass is 10.2. The zero-order chi connectivity index (χ0) is 27.2. The summed E-state index contributed by atoms with van der Waals surface area (Å²) in [5, 5.41) is 5.55. The number of hydrogen-bond acceptors (Lipinski definition) is 4. The minimum absolute atomic E-state index is 0.0320. The first-order valence-electron chi connectivity index (χ1n) is 13.3. The smallest absolute Gasteiger partial charge is 0.330 e. The van der Waals surface area contributed by atoms with Crippen LogP contribution >= 0.6 is 0 Å². The molecule has 0 rings (SSSR count). The molecule has 0 aliphatic rings. The monoisotopic (exact) mass is 510 g/mol. The van der Waals surface area contributed by atoms with Gasteiger partial charge in [-0.1, -0.05) is 79.8 Å². The average Bonchev–Trinajstić information content (AvgIpc) is 2.90. The van der Waals surface area contributed by atoms with Gasteiger partial charge in [0, 0.05) is 31.7 Å². The highest BCUT2D eigenvalue weighted by Gasteiger charge is 2.00. The minimum atomic E-state index is -0.568. The Morgan fingerprint density at radius 1 is 0.622 bits per heavy atom. The van der Waals surface area contributed by atoms with E-state index in [0.717, 1.165) is 69.9 Å². The van der Waals surface area contributed by atoms with E-state index < -0.39 is 5.97 Å². The molecule has 0 aliphatic heterocycles. The number of rotatable bonds is 21. The highest BCUT2D eigenvalue weighted by Crippen LogP contribution is 1.98. The normalized spacial score (nSPS) is 12.4. The molecule has 2 amide bonds. The Labute approximate surface area is 224 Å². The van der Waals surface area contributed by atoms with Gasteiger partial charge in [0.15, 0.2) is 0 Å². The predicted molar refractivity (Wildman–Crippen MR) is 154 cm³/mol. The minimum Gasteiger partial charge on any atom is -0.466 e. The molecule has 0 bridgehead atoms. The number of unbranched alkanes of at least 4 members (excludes halogenated alkanes) is 1. The van der Waals surface area contributed by atoms with Crippen molar-refractivity contribution in [3.05, 3.63) is 85.1 Å². The lowest BCUT2D eigenvalue weighted by molar-refractivity contribution is -0.135. The van der Waals surface area contributed by atoms with E-state index >= 15 is 0 Å². The SMILES string of the molecule is CCC=CCC=CCC=CCC=CCC=CCC=CCCC(=O)NCCCCNC(=O)/C=C/C(=O)OC. The van der Waals surface area contributed by atoms with Crippen molar-refractivity contribution in [1.29, 1.82) is 0 Å². The van der Waals surface area contributed by atoms with Crippen molar-refractivity contribution in [2.24, 2.45) is 0 Å². The Balaban J connectivity index is 3.61. The molecule has 0 aromatic rings. The number of nitrogens with one attached hydrogen (secondary N) is 2. The molecule has 0 unspecified atom stereocenters. The summed E-state index contributed by atoms with van der Waals surface area (Å²) >= 11 is 0. The second-order valence-corrected chi connectivity index (χ2v) is 8.16. The summed E-state index contributed by atoms with van der Waals surface area (Å²) in [6.07, 6.45) is 36.7. The molecular weight excluding hydrogens is 464 g/mol. The second-order valence-electron chi connectivity index (χ2n) is 8.16. The molecule has 0 spiro atoms. The van der Waals surface area contributed by atoms with E-state index in [-0.39, 0.29) is 11.8 Å². The molecule has 0 saturated heterocycles. The van der Waals surface area contributed by atoms with Crippen LogP contribution in [0.15, 0.2) is 85.1 Å². The molecule has 0 atom stereocenters. The van der Waals surface area contributed by atoms with Crippen molar-refractivity contribution in [2.45, 2.75) is 71.1 Å². The van der Waals surface area contributed by atoms with E-state index in [4.69, 9.17) is 0 Å². The van der Waals surface area contributed by atoms with Crippen molar-refractivity contribution in [3.63, 3.8) is 0 Å². The molecule has 0 heterocycles. The summed E-state index contributed by atoms with van der Waals surface area (Å²) in [7, 11) is 1.25. The number of hydrogen-bond donors (Lipinski definition) is 2. The van der Waals surface area contributed by atoms with Gasteiger partial charge >= 0.3 is 5.97 Å². The van der Waals surface area contributed by atoms with Gasteiger partial charge < -0.3 is 15.4 Å². The number of carbonyl (C=O) groups is 3. The van der Waals surface area contributed by atoms with E-state index in [0.29, 0.717) is 19.5 Å². The molecule has 6 nitrogen and oxygen atoms in total. The van der Waals surface area contributed by atoms with Crippen LogP contribution in [-0.4, -0.2) is 38.0 Å². The Morgan fingerprint density at radius 3 is 1.57 bits per heavy atom. The first-order chi connectivity index (χ1) is 18.1. The van der Waals surface area contributed by atoms with Crippen molar-refractivity contribution < 1.29 is 19.1 Å². The fourth-order valence-corrected chi connectivity index (χ4v) is 2.90. The summed E-state index contributed by atoms with van der Waals surface area (Å²) in [4.78, 5) is 34.2. The third kappa shape index (κ3) is 27.0. The molecule has 6 heteroatoms. The van der Waals surface area contributed by atoms with Crippen LogP contribution < -0.4 is 10.6 Å². The molecule has 0 saturated carbocycles. The van der Waals surface area contributed by atoms with Gasteiger partial charge in [-0.15, -0.1) is 0 Å². The maximum Gasteiger partial charge on any atom is 0.330 e. The number of esters is 1. The zero-order valence-electron chi connectivity index (χ0n) is 22.7. The quantitative estimate of drug-likeness (QED) is 0.0833. The van der Waals surface area contributed by atoms with Crippen LogP contribution in [0.25, 0.3) is 0 Å². The third-order valence-corrected chi connectivity index (χ3v) is 4.93. The van der Waals surface area contributed by atoms with Crippen molar-refractivity contribution in [1.82, 2.24) is 10.6 Å². The first-order valence-corrected chi connectivity index (χ1v) is 13.3. The topological polar surface area (TPSA) is 84.5 Å². The molecule has 2 N–H and O–H groups in total. The number of amides is 2. The first kappa shape index (κ1) is 33.6. The van der Waals surface area contributed by atoms with Gasteiger partial charge in [0.1, 0.15) is 0 Å². The number of methoxy groups -OCH3 is 1. The Kier molecular flexibility index (Phi) is 24.7. The van der Waals surface area contributed by atoms with Gasteiger partial charge in [-0.3, -0.25) is 9.59 Å². The zero-order valence-corrected chi connectivity index (χ0v) is 22.7. The largest absolute Gasteiger partial charge is 0.466 e. The molecule has 0 aliphatic carbocycles. The lowest BCUT2D eigenvalue weighted by Gasteiger charge is -2.05. The standard InChI is InChI=1S/C31H46N2O4/c1-3-4-5-6-7-8-9-10-11-12-13-14-15-16-17-18-19-20-21-24-29(34)32-27-22-23-28-33-30(35)25-26-31(36)37-2/h4-5,7-8,10-11,13-14,16-17,19-20,25-26H,3,6,9,12,15,18,21-24,27-28H2,1-2H3,(H,32,34)(H,33,35)/b5-4?,8-7?,11-10?,14-13?,17-16?,20-19?,26-25+. The Bertz CT molecular complexity index is 817. The molecule has 0 aromatic heterocycles. The van der Waals surface area contributed by atoms with Crippen LogP contribution in [0.4, 0.5) is 0 Å². The maximum absolute atomic E-state index is 11.8. The summed E-state index contributed by atoms with van der Waals surface area (Å²) in [6.45, 7) is 3.21. The Hall–Kier alpha value is -3.41.